The van der Waals surface area contributed by atoms with Crippen LogP contribution in [0.25, 0.3) is 0 Å². The summed E-state index contributed by atoms with van der Waals surface area (Å²) in [6, 6.07) is 7.18. The number of hydrogen-bond donors (Lipinski definition) is 2. The van der Waals surface area contributed by atoms with Crippen molar-refractivity contribution < 1.29 is 9.84 Å². The lowest BCUT2D eigenvalue weighted by Gasteiger charge is -2.11. The second-order valence-electron chi connectivity index (χ2n) is 3.88. The fourth-order valence-corrected chi connectivity index (χ4v) is 1.73. The van der Waals surface area contributed by atoms with Crippen LogP contribution in [0.4, 0.5) is 0 Å². The summed E-state index contributed by atoms with van der Waals surface area (Å²) in [7, 11) is 0. The predicted octanol–water partition coefficient (Wildman–Crippen LogP) is 1.08. The number of aromatic hydroxyl groups is 1. The Hall–Kier alpha value is -1.55. The van der Waals surface area contributed by atoms with Gasteiger partial charge in [-0.05, 0) is 17.7 Å². The van der Waals surface area contributed by atoms with Crippen molar-refractivity contribution in [3.05, 3.63) is 29.8 Å². The van der Waals surface area contributed by atoms with Crippen LogP contribution in [0.5, 0.6) is 5.75 Å². The lowest BCUT2D eigenvalue weighted by Crippen LogP contribution is -2.17. The Balaban J connectivity index is 1.86. The van der Waals surface area contributed by atoms with Gasteiger partial charge in [-0.2, -0.15) is 0 Å². The van der Waals surface area contributed by atoms with Crippen molar-refractivity contribution in [2.24, 2.45) is 10.7 Å². The van der Waals surface area contributed by atoms with E-state index < -0.39 is 0 Å². The van der Waals surface area contributed by atoms with Gasteiger partial charge in [-0.3, -0.25) is 4.99 Å². The normalized spacial score (nSPS) is 19.3. The summed E-state index contributed by atoms with van der Waals surface area (Å²) in [5.74, 6) is 1.06. The number of rotatable bonds is 4. The van der Waals surface area contributed by atoms with Gasteiger partial charge >= 0.3 is 0 Å². The van der Waals surface area contributed by atoms with E-state index in [0.717, 1.165) is 17.9 Å². The third kappa shape index (κ3) is 2.73. The Morgan fingerprint density at radius 2 is 2.12 bits per heavy atom. The first-order chi connectivity index (χ1) is 7.78. The molecule has 1 unspecified atom stereocenters. The molecule has 1 aliphatic heterocycles. The molecule has 0 fully saturated rings. The van der Waals surface area contributed by atoms with Crippen LogP contribution in [0.2, 0.25) is 0 Å². The molecule has 0 saturated heterocycles. The van der Waals surface area contributed by atoms with Gasteiger partial charge in [0.25, 0.3) is 0 Å². The van der Waals surface area contributed by atoms with Crippen molar-refractivity contribution in [3.63, 3.8) is 0 Å². The number of ether oxygens (including phenoxy) is 1. The molecule has 0 saturated carbocycles. The molecule has 1 atom stereocenters. The minimum absolute atomic E-state index is 0.117. The van der Waals surface area contributed by atoms with Gasteiger partial charge in [-0.15, -0.1) is 0 Å². The van der Waals surface area contributed by atoms with E-state index in [1.54, 1.807) is 12.1 Å². The SMILES string of the molecule is NCCC1=NCC(Cc2ccc(O)cc2)O1. The van der Waals surface area contributed by atoms with E-state index in [4.69, 9.17) is 15.6 Å². The zero-order valence-corrected chi connectivity index (χ0v) is 9.10. The molecule has 4 nitrogen and oxygen atoms in total. The van der Waals surface area contributed by atoms with Gasteiger partial charge in [-0.25, -0.2) is 0 Å². The molecule has 86 valence electrons. The van der Waals surface area contributed by atoms with Crippen LogP contribution in [0.3, 0.4) is 0 Å². The summed E-state index contributed by atoms with van der Waals surface area (Å²) in [6.07, 6.45) is 1.65. The van der Waals surface area contributed by atoms with E-state index >= 15 is 0 Å². The maximum absolute atomic E-state index is 9.16. The molecule has 0 radical (unpaired) electrons. The first-order valence-electron chi connectivity index (χ1n) is 5.46. The average Bonchev–Trinajstić information content (AvgIpc) is 2.70. The van der Waals surface area contributed by atoms with Crippen LogP contribution in [0.15, 0.2) is 29.3 Å². The highest BCUT2D eigenvalue weighted by Crippen LogP contribution is 2.15. The topological polar surface area (TPSA) is 67.8 Å². The number of phenols is 1. The van der Waals surface area contributed by atoms with Crippen molar-refractivity contribution in [3.8, 4) is 5.75 Å². The summed E-state index contributed by atoms with van der Waals surface area (Å²) < 4.78 is 5.64. The Kier molecular flexibility index (Phi) is 3.41. The minimum Gasteiger partial charge on any atom is -0.508 e. The maximum atomic E-state index is 9.16. The highest BCUT2D eigenvalue weighted by atomic mass is 16.5. The molecular weight excluding hydrogens is 204 g/mol. The number of benzene rings is 1. The van der Waals surface area contributed by atoms with Crippen LogP contribution in [0, 0.1) is 0 Å². The summed E-state index contributed by atoms with van der Waals surface area (Å²) in [6.45, 7) is 1.28. The van der Waals surface area contributed by atoms with E-state index in [1.165, 1.54) is 0 Å². The minimum atomic E-state index is 0.117. The second-order valence-corrected chi connectivity index (χ2v) is 3.88. The van der Waals surface area contributed by atoms with E-state index in [-0.39, 0.29) is 11.9 Å². The van der Waals surface area contributed by atoms with Gasteiger partial charge < -0.3 is 15.6 Å². The number of hydrogen-bond acceptors (Lipinski definition) is 4. The molecule has 1 aliphatic rings. The molecule has 1 aromatic carbocycles. The Morgan fingerprint density at radius 1 is 1.38 bits per heavy atom. The lowest BCUT2D eigenvalue weighted by atomic mass is 10.1. The molecule has 0 bridgehead atoms. The van der Waals surface area contributed by atoms with Gasteiger partial charge in [-0.1, -0.05) is 12.1 Å². The zero-order valence-electron chi connectivity index (χ0n) is 9.10. The van der Waals surface area contributed by atoms with Crippen LogP contribution < -0.4 is 5.73 Å². The number of phenolic OH excluding ortho intramolecular Hbond substituents is 1. The molecule has 4 heteroatoms. The smallest absolute Gasteiger partial charge is 0.185 e. The molecular formula is C12H16N2O2. The monoisotopic (exact) mass is 220 g/mol. The first kappa shape index (κ1) is 11.0. The number of aliphatic imine (C=N–C) groups is 1. The van der Waals surface area contributed by atoms with Crippen molar-refractivity contribution >= 4 is 5.90 Å². The lowest BCUT2D eigenvalue weighted by molar-refractivity contribution is 0.219. The summed E-state index contributed by atoms with van der Waals surface area (Å²) in [4.78, 5) is 4.29. The van der Waals surface area contributed by atoms with Crippen molar-refractivity contribution in [2.75, 3.05) is 13.1 Å². The summed E-state index contributed by atoms with van der Waals surface area (Å²) in [5, 5.41) is 9.16. The van der Waals surface area contributed by atoms with Crippen molar-refractivity contribution in [1.82, 2.24) is 0 Å². The van der Waals surface area contributed by atoms with Gasteiger partial charge in [0.1, 0.15) is 11.9 Å². The van der Waals surface area contributed by atoms with E-state index in [9.17, 15) is 0 Å². The molecule has 1 heterocycles. The van der Waals surface area contributed by atoms with E-state index in [0.29, 0.717) is 19.5 Å². The van der Waals surface area contributed by atoms with E-state index in [2.05, 4.69) is 4.99 Å². The quantitative estimate of drug-likeness (QED) is 0.797. The molecule has 0 aliphatic carbocycles. The van der Waals surface area contributed by atoms with Crippen LogP contribution in [-0.4, -0.2) is 30.2 Å². The molecule has 0 spiro atoms. The molecule has 2 rings (SSSR count). The zero-order chi connectivity index (χ0) is 11.4. The Bertz CT molecular complexity index is 373. The molecule has 1 aromatic rings. The standard InChI is InChI=1S/C12H16N2O2/c13-6-5-12-14-8-11(16-12)7-9-1-3-10(15)4-2-9/h1-4,11,15H,5-8,13H2. The highest BCUT2D eigenvalue weighted by molar-refractivity contribution is 5.77. The third-order valence-corrected chi connectivity index (χ3v) is 2.53. The largest absolute Gasteiger partial charge is 0.508 e. The predicted molar refractivity (Wildman–Crippen MR) is 62.7 cm³/mol. The van der Waals surface area contributed by atoms with Crippen LogP contribution in [-0.2, 0) is 11.2 Å². The first-order valence-corrected chi connectivity index (χ1v) is 5.46. The Labute approximate surface area is 94.8 Å². The fraction of sp³-hybridized carbons (Fsp3) is 0.417. The molecule has 3 N–H and O–H groups in total. The molecule has 0 amide bonds. The van der Waals surface area contributed by atoms with Crippen LogP contribution in [0.1, 0.15) is 12.0 Å². The third-order valence-electron chi connectivity index (χ3n) is 2.53. The number of nitrogens with two attached hydrogens (primary N) is 1. The van der Waals surface area contributed by atoms with Gasteiger partial charge in [0.05, 0.1) is 6.54 Å². The van der Waals surface area contributed by atoms with Gasteiger partial charge in [0, 0.05) is 19.4 Å². The van der Waals surface area contributed by atoms with Crippen LogP contribution >= 0.6 is 0 Å². The Morgan fingerprint density at radius 3 is 2.81 bits per heavy atom. The van der Waals surface area contributed by atoms with Gasteiger partial charge in [0.15, 0.2) is 5.90 Å². The molecule has 16 heavy (non-hydrogen) atoms. The van der Waals surface area contributed by atoms with Crippen molar-refractivity contribution in [2.45, 2.75) is 18.9 Å². The fourth-order valence-electron chi connectivity index (χ4n) is 1.73. The summed E-state index contributed by atoms with van der Waals surface area (Å²) in [5.41, 5.74) is 6.58. The van der Waals surface area contributed by atoms with Gasteiger partial charge in [0.2, 0.25) is 0 Å². The highest BCUT2D eigenvalue weighted by Gasteiger charge is 2.19. The maximum Gasteiger partial charge on any atom is 0.185 e. The molecule has 0 aromatic heterocycles. The average molecular weight is 220 g/mol. The summed E-state index contributed by atoms with van der Waals surface area (Å²) >= 11 is 0. The second kappa shape index (κ2) is 4.99. The number of nitrogens with zero attached hydrogens (tertiary/aromatic N) is 1. The van der Waals surface area contributed by atoms with Crippen molar-refractivity contribution in [1.29, 1.82) is 0 Å². The van der Waals surface area contributed by atoms with E-state index in [1.807, 2.05) is 12.1 Å².